The van der Waals surface area contributed by atoms with Gasteiger partial charge in [-0.3, -0.25) is 4.90 Å². The molecule has 2 aliphatic rings. The average molecular weight is 622 g/mol. The second-order valence-electron chi connectivity index (χ2n) is 11.0. The van der Waals surface area contributed by atoms with Crippen molar-refractivity contribution in [3.63, 3.8) is 0 Å². The summed E-state index contributed by atoms with van der Waals surface area (Å²) >= 11 is 5.99. The monoisotopic (exact) mass is 620 g/mol. The number of carboxylic acid groups (broad SMARTS) is 1. The molecule has 1 heterocycles. The van der Waals surface area contributed by atoms with Gasteiger partial charge in [-0.05, 0) is 70.8 Å². The number of nitrogens with zero attached hydrogens (tertiary/aromatic N) is 1. The van der Waals surface area contributed by atoms with Crippen LogP contribution >= 0.6 is 36.4 Å². The second kappa shape index (κ2) is 15.1. The molecule has 3 aromatic rings. The SMILES string of the molecule is CC(C)c1ccc(O[C@@H](Cc2ccc(OCCNC3C4CN(Cc5ccc(Cl)cc5)C[C@@H]43)cc2)C(=O)O)cc1.Cl.Cl. The molecule has 0 bridgehead atoms. The first-order valence-corrected chi connectivity index (χ1v) is 14.1. The Morgan fingerprint density at radius 2 is 1.51 bits per heavy atom. The highest BCUT2D eigenvalue weighted by atomic mass is 35.5. The topological polar surface area (TPSA) is 71.0 Å². The summed E-state index contributed by atoms with van der Waals surface area (Å²) in [6, 6.07) is 24.0. The Kier molecular flexibility index (Phi) is 12.2. The first-order chi connectivity index (χ1) is 18.9. The van der Waals surface area contributed by atoms with Crippen LogP contribution in [0.25, 0.3) is 0 Å². The Morgan fingerprint density at radius 3 is 2.10 bits per heavy atom. The highest BCUT2D eigenvalue weighted by molar-refractivity contribution is 6.30. The van der Waals surface area contributed by atoms with Crippen molar-refractivity contribution in [3.05, 3.63) is 94.5 Å². The fraction of sp³-hybridized carbons (Fsp3) is 0.406. The number of nitrogens with one attached hydrogen (secondary N) is 1. The van der Waals surface area contributed by atoms with Gasteiger partial charge in [-0.2, -0.15) is 0 Å². The Bertz CT molecular complexity index is 1230. The Morgan fingerprint density at radius 1 is 0.927 bits per heavy atom. The number of likely N-dealkylation sites (tertiary alicyclic amines) is 1. The lowest BCUT2D eigenvalue weighted by Crippen LogP contribution is -2.33. The molecule has 41 heavy (non-hydrogen) atoms. The van der Waals surface area contributed by atoms with Crippen LogP contribution in [0.1, 0.15) is 36.5 Å². The number of benzene rings is 3. The summed E-state index contributed by atoms with van der Waals surface area (Å²) < 4.78 is 11.7. The van der Waals surface area contributed by atoms with Crippen molar-refractivity contribution in [3.8, 4) is 11.5 Å². The van der Waals surface area contributed by atoms with Crippen LogP contribution in [0, 0.1) is 11.8 Å². The minimum atomic E-state index is -0.979. The van der Waals surface area contributed by atoms with E-state index in [9.17, 15) is 9.90 Å². The lowest BCUT2D eigenvalue weighted by atomic mass is 10.0. The van der Waals surface area contributed by atoms with Crippen LogP contribution in [0.5, 0.6) is 11.5 Å². The van der Waals surface area contributed by atoms with E-state index in [0.717, 1.165) is 54.4 Å². The number of piperidine rings is 1. The molecule has 0 spiro atoms. The number of aliphatic carboxylic acids is 1. The number of fused-ring (bicyclic) bond motifs is 1. The fourth-order valence-corrected chi connectivity index (χ4v) is 5.62. The van der Waals surface area contributed by atoms with E-state index in [2.05, 4.69) is 36.2 Å². The van der Waals surface area contributed by atoms with Crippen LogP contribution in [-0.4, -0.2) is 54.4 Å². The normalized spacial score (nSPS) is 20.0. The van der Waals surface area contributed by atoms with Gasteiger partial charge in [0, 0.05) is 43.7 Å². The van der Waals surface area contributed by atoms with E-state index in [-0.39, 0.29) is 31.2 Å². The van der Waals surface area contributed by atoms with E-state index in [4.69, 9.17) is 21.1 Å². The maximum absolute atomic E-state index is 11.8. The number of carboxylic acids is 1. The predicted octanol–water partition coefficient (Wildman–Crippen LogP) is 6.48. The van der Waals surface area contributed by atoms with E-state index in [1.54, 1.807) is 0 Å². The Hall–Kier alpha value is -2.48. The fourth-order valence-electron chi connectivity index (χ4n) is 5.50. The van der Waals surface area contributed by atoms with Crippen LogP contribution in [0.4, 0.5) is 0 Å². The highest BCUT2D eigenvalue weighted by Crippen LogP contribution is 2.45. The Labute approximate surface area is 260 Å². The van der Waals surface area contributed by atoms with Crippen molar-refractivity contribution in [2.24, 2.45) is 11.8 Å². The summed E-state index contributed by atoms with van der Waals surface area (Å²) in [6.45, 7) is 8.90. The third-order valence-electron chi connectivity index (χ3n) is 7.78. The standard InChI is InChI=1S/C32H37ClN2O4.2ClH/c1-21(2)24-7-13-27(14-8-24)39-30(32(36)37)17-22-5-11-26(12-6-22)38-16-15-34-31-28-19-35(20-29(28)31)18-23-3-9-25(33)10-4-23;;/h3-14,21,28-31,34H,15-20H2,1-2H3,(H,36,37);2*1H/t28-,29?,30-,31?;;/m0../s1. The van der Waals surface area contributed by atoms with Crippen molar-refractivity contribution in [1.29, 1.82) is 0 Å². The van der Waals surface area contributed by atoms with E-state index in [1.165, 1.54) is 11.1 Å². The zero-order valence-electron chi connectivity index (χ0n) is 23.4. The first-order valence-electron chi connectivity index (χ1n) is 13.8. The molecule has 6 nitrogen and oxygen atoms in total. The Balaban J connectivity index is 0.00000231. The number of rotatable bonds is 13. The summed E-state index contributed by atoms with van der Waals surface area (Å²) in [6.07, 6.45) is -0.672. The van der Waals surface area contributed by atoms with Crippen molar-refractivity contribution < 1.29 is 19.4 Å². The van der Waals surface area contributed by atoms with Crippen molar-refractivity contribution >= 4 is 42.4 Å². The summed E-state index contributed by atoms with van der Waals surface area (Å²) in [5.74, 6) is 2.24. The van der Waals surface area contributed by atoms with E-state index < -0.39 is 12.1 Å². The molecule has 1 aliphatic heterocycles. The van der Waals surface area contributed by atoms with Crippen LogP contribution < -0.4 is 14.8 Å². The first kappa shape index (κ1) is 33.0. The summed E-state index contributed by atoms with van der Waals surface area (Å²) in [4.78, 5) is 14.3. The predicted molar refractivity (Wildman–Crippen MR) is 168 cm³/mol. The minimum Gasteiger partial charge on any atom is -0.492 e. The molecule has 0 amide bonds. The molecule has 2 unspecified atom stereocenters. The summed E-state index contributed by atoms with van der Waals surface area (Å²) in [5.41, 5.74) is 3.39. The molecule has 0 radical (unpaired) electrons. The molecule has 1 saturated heterocycles. The van der Waals surface area contributed by atoms with Crippen LogP contribution in [0.3, 0.4) is 0 Å². The van der Waals surface area contributed by atoms with Gasteiger partial charge in [-0.25, -0.2) is 4.79 Å². The molecule has 222 valence electrons. The summed E-state index contributed by atoms with van der Waals surface area (Å²) in [7, 11) is 0. The minimum absolute atomic E-state index is 0. The van der Waals surface area contributed by atoms with Gasteiger partial charge in [0.15, 0.2) is 6.10 Å². The number of hydrogen-bond acceptors (Lipinski definition) is 5. The third-order valence-corrected chi connectivity index (χ3v) is 8.04. The molecule has 4 atom stereocenters. The molecular weight excluding hydrogens is 583 g/mol. The van der Waals surface area contributed by atoms with E-state index in [1.807, 2.05) is 60.7 Å². The number of carbonyl (C=O) groups is 1. The molecule has 1 saturated carbocycles. The van der Waals surface area contributed by atoms with E-state index in [0.29, 0.717) is 24.3 Å². The molecular formula is C32H39Cl3N2O4. The second-order valence-corrected chi connectivity index (χ2v) is 11.4. The van der Waals surface area contributed by atoms with Crippen LogP contribution in [0.15, 0.2) is 72.8 Å². The van der Waals surface area contributed by atoms with Gasteiger partial charge in [0.1, 0.15) is 18.1 Å². The largest absolute Gasteiger partial charge is 0.492 e. The van der Waals surface area contributed by atoms with Gasteiger partial charge in [-0.15, -0.1) is 24.8 Å². The maximum atomic E-state index is 11.8. The molecule has 5 rings (SSSR count). The lowest BCUT2D eigenvalue weighted by Gasteiger charge is -2.20. The maximum Gasteiger partial charge on any atom is 0.345 e. The van der Waals surface area contributed by atoms with Gasteiger partial charge in [-0.1, -0.05) is 61.8 Å². The van der Waals surface area contributed by atoms with Crippen molar-refractivity contribution in [2.45, 2.75) is 44.9 Å². The molecule has 3 aromatic carbocycles. The molecule has 0 aromatic heterocycles. The number of halogens is 3. The molecule has 1 aliphatic carbocycles. The van der Waals surface area contributed by atoms with Gasteiger partial charge in [0.25, 0.3) is 0 Å². The molecule has 9 heteroatoms. The average Bonchev–Trinajstić information content (AvgIpc) is 3.38. The lowest BCUT2D eigenvalue weighted by molar-refractivity contribution is -0.145. The van der Waals surface area contributed by atoms with Gasteiger partial charge >= 0.3 is 5.97 Å². The third kappa shape index (κ3) is 9.00. The zero-order valence-corrected chi connectivity index (χ0v) is 25.8. The number of hydrogen-bond donors (Lipinski definition) is 2. The van der Waals surface area contributed by atoms with Crippen molar-refractivity contribution in [1.82, 2.24) is 10.2 Å². The zero-order chi connectivity index (χ0) is 27.4. The molecule has 2 N–H and O–H groups in total. The quantitative estimate of drug-likeness (QED) is 0.213. The summed E-state index contributed by atoms with van der Waals surface area (Å²) in [5, 5.41) is 14.1. The van der Waals surface area contributed by atoms with Gasteiger partial charge < -0.3 is 19.9 Å². The number of ether oxygens (including phenoxy) is 2. The van der Waals surface area contributed by atoms with Crippen molar-refractivity contribution in [2.75, 3.05) is 26.2 Å². The highest BCUT2D eigenvalue weighted by Gasteiger charge is 2.55. The van der Waals surface area contributed by atoms with Crippen LogP contribution in [0.2, 0.25) is 5.02 Å². The van der Waals surface area contributed by atoms with E-state index >= 15 is 0 Å². The van der Waals surface area contributed by atoms with Gasteiger partial charge in [0.2, 0.25) is 0 Å². The van der Waals surface area contributed by atoms with Crippen LogP contribution in [-0.2, 0) is 17.8 Å². The molecule has 2 fully saturated rings. The smallest absolute Gasteiger partial charge is 0.345 e. The van der Waals surface area contributed by atoms with Gasteiger partial charge in [0.05, 0.1) is 0 Å².